The van der Waals surface area contributed by atoms with Gasteiger partial charge in [-0.05, 0) is 68.7 Å². The second-order valence-corrected chi connectivity index (χ2v) is 8.30. The lowest BCUT2D eigenvalue weighted by Crippen LogP contribution is -2.49. The zero-order chi connectivity index (χ0) is 22.1. The lowest BCUT2D eigenvalue weighted by Gasteiger charge is -2.38. The third kappa shape index (κ3) is 4.32. The Bertz CT molecular complexity index is 1060. The summed E-state index contributed by atoms with van der Waals surface area (Å²) in [6.45, 7) is 3.96. The molecule has 0 saturated heterocycles. The minimum atomic E-state index is -0.417. The number of esters is 1. The monoisotopic (exact) mass is 435 g/mol. The third-order valence-corrected chi connectivity index (χ3v) is 5.97. The average molecular weight is 436 g/mol. The fourth-order valence-corrected chi connectivity index (χ4v) is 4.24. The SMILES string of the molecule is COC(=O)c1ccc(C2NC(=S)N(C3CC3)C(C)=C2C(=O)Nc2ccc(C)cc2)cc1. The quantitative estimate of drug-likeness (QED) is 0.545. The Kier molecular flexibility index (Phi) is 5.78. The van der Waals surface area contributed by atoms with Crippen molar-refractivity contribution >= 4 is 34.9 Å². The van der Waals surface area contributed by atoms with Gasteiger partial charge < -0.3 is 20.3 Å². The summed E-state index contributed by atoms with van der Waals surface area (Å²) in [4.78, 5) is 27.3. The van der Waals surface area contributed by atoms with E-state index in [4.69, 9.17) is 17.0 Å². The van der Waals surface area contributed by atoms with Crippen LogP contribution in [-0.4, -0.2) is 35.0 Å². The van der Waals surface area contributed by atoms with Crippen molar-refractivity contribution < 1.29 is 14.3 Å². The summed E-state index contributed by atoms with van der Waals surface area (Å²) >= 11 is 5.64. The van der Waals surface area contributed by atoms with Crippen LogP contribution in [0.2, 0.25) is 0 Å². The van der Waals surface area contributed by atoms with E-state index in [1.165, 1.54) is 7.11 Å². The lowest BCUT2D eigenvalue weighted by atomic mass is 9.93. The Labute approximate surface area is 187 Å². The molecule has 1 fully saturated rings. The van der Waals surface area contributed by atoms with E-state index in [9.17, 15) is 9.59 Å². The van der Waals surface area contributed by atoms with Gasteiger partial charge in [-0.3, -0.25) is 4.79 Å². The number of methoxy groups -OCH3 is 1. The Morgan fingerprint density at radius 2 is 1.71 bits per heavy atom. The number of allylic oxidation sites excluding steroid dienone is 1. The molecule has 160 valence electrons. The van der Waals surface area contributed by atoms with Gasteiger partial charge in [0, 0.05) is 17.4 Å². The van der Waals surface area contributed by atoms with Crippen LogP contribution in [0, 0.1) is 6.92 Å². The fourth-order valence-electron chi connectivity index (χ4n) is 3.84. The van der Waals surface area contributed by atoms with Crippen molar-refractivity contribution in [2.24, 2.45) is 0 Å². The number of thiocarbonyl (C=S) groups is 1. The largest absolute Gasteiger partial charge is 0.465 e. The number of nitrogens with zero attached hydrogens (tertiary/aromatic N) is 1. The van der Waals surface area contributed by atoms with Gasteiger partial charge in [0.05, 0.1) is 24.3 Å². The molecule has 1 amide bonds. The first-order chi connectivity index (χ1) is 14.9. The molecule has 1 aliphatic heterocycles. The third-order valence-electron chi connectivity index (χ3n) is 5.66. The van der Waals surface area contributed by atoms with Crippen molar-refractivity contribution in [1.82, 2.24) is 10.2 Å². The maximum absolute atomic E-state index is 13.4. The van der Waals surface area contributed by atoms with E-state index in [1.807, 2.05) is 50.2 Å². The maximum Gasteiger partial charge on any atom is 0.337 e. The highest BCUT2D eigenvalue weighted by Crippen LogP contribution is 2.38. The molecular formula is C24H25N3O3S. The minimum Gasteiger partial charge on any atom is -0.465 e. The van der Waals surface area contributed by atoms with Crippen LogP contribution >= 0.6 is 12.2 Å². The number of hydrogen-bond acceptors (Lipinski definition) is 4. The number of rotatable bonds is 5. The summed E-state index contributed by atoms with van der Waals surface area (Å²) in [6, 6.07) is 14.7. The summed E-state index contributed by atoms with van der Waals surface area (Å²) in [5.74, 6) is -0.577. The Balaban J connectivity index is 1.70. The molecule has 6 nitrogen and oxygen atoms in total. The van der Waals surface area contributed by atoms with Crippen molar-refractivity contribution in [2.75, 3.05) is 12.4 Å². The summed E-state index contributed by atoms with van der Waals surface area (Å²) in [5, 5.41) is 6.99. The van der Waals surface area contributed by atoms with E-state index in [0.29, 0.717) is 22.3 Å². The molecule has 0 radical (unpaired) electrons. The first-order valence-electron chi connectivity index (χ1n) is 10.3. The Morgan fingerprint density at radius 1 is 1.06 bits per heavy atom. The van der Waals surface area contributed by atoms with Crippen molar-refractivity contribution in [3.05, 3.63) is 76.5 Å². The van der Waals surface area contributed by atoms with Gasteiger partial charge in [-0.25, -0.2) is 4.79 Å². The molecule has 7 heteroatoms. The normalized spacial score (nSPS) is 18.5. The number of amides is 1. The van der Waals surface area contributed by atoms with E-state index >= 15 is 0 Å². The van der Waals surface area contributed by atoms with Crippen LogP contribution in [0.3, 0.4) is 0 Å². The second-order valence-electron chi connectivity index (χ2n) is 7.92. The molecule has 2 N–H and O–H groups in total. The highest BCUT2D eigenvalue weighted by molar-refractivity contribution is 7.80. The van der Waals surface area contributed by atoms with Crippen molar-refractivity contribution in [3.63, 3.8) is 0 Å². The van der Waals surface area contributed by atoms with Crippen LogP contribution in [0.4, 0.5) is 5.69 Å². The number of ether oxygens (including phenoxy) is 1. The van der Waals surface area contributed by atoms with Gasteiger partial charge in [-0.15, -0.1) is 0 Å². The second kappa shape index (κ2) is 8.51. The molecule has 1 saturated carbocycles. The standard InChI is InChI=1S/C24H25N3O3S/c1-14-4-10-18(11-5-14)25-22(28)20-15(2)27(19-12-13-19)24(31)26-21(20)16-6-8-17(9-7-16)23(29)30-3/h4-11,19,21H,12-13H2,1-3H3,(H,25,28)(H,26,31). The number of carbonyl (C=O) groups is 2. The van der Waals surface area contributed by atoms with Gasteiger partial charge in [0.1, 0.15) is 0 Å². The summed E-state index contributed by atoms with van der Waals surface area (Å²) < 4.78 is 4.78. The maximum atomic E-state index is 13.4. The van der Waals surface area contributed by atoms with Crippen LogP contribution < -0.4 is 10.6 Å². The van der Waals surface area contributed by atoms with Gasteiger partial charge in [0.2, 0.25) is 0 Å². The number of anilines is 1. The molecular weight excluding hydrogens is 410 g/mol. The van der Waals surface area contributed by atoms with E-state index in [2.05, 4.69) is 15.5 Å². The van der Waals surface area contributed by atoms with Crippen LogP contribution in [0.25, 0.3) is 0 Å². The molecule has 2 aromatic carbocycles. The number of aryl methyl sites for hydroxylation is 1. The number of hydrogen-bond donors (Lipinski definition) is 2. The highest BCUT2D eigenvalue weighted by Gasteiger charge is 2.40. The van der Waals surface area contributed by atoms with Crippen LogP contribution in [0.1, 0.15) is 47.3 Å². The molecule has 31 heavy (non-hydrogen) atoms. The Morgan fingerprint density at radius 3 is 2.29 bits per heavy atom. The Hall–Kier alpha value is -3.19. The van der Waals surface area contributed by atoms with Crippen molar-refractivity contribution in [3.8, 4) is 0 Å². The van der Waals surface area contributed by atoms with E-state index in [0.717, 1.165) is 35.4 Å². The summed E-state index contributed by atoms with van der Waals surface area (Å²) in [5.41, 5.74) is 4.64. The molecule has 4 rings (SSSR count). The van der Waals surface area contributed by atoms with Gasteiger partial charge in [0.25, 0.3) is 5.91 Å². The predicted octanol–water partition coefficient (Wildman–Crippen LogP) is 4.09. The topological polar surface area (TPSA) is 70.7 Å². The zero-order valence-corrected chi connectivity index (χ0v) is 18.6. The lowest BCUT2D eigenvalue weighted by molar-refractivity contribution is -0.113. The van der Waals surface area contributed by atoms with Gasteiger partial charge in [-0.2, -0.15) is 0 Å². The number of carbonyl (C=O) groups excluding carboxylic acids is 2. The predicted molar refractivity (Wildman–Crippen MR) is 124 cm³/mol. The van der Waals surface area contributed by atoms with E-state index < -0.39 is 12.0 Å². The van der Waals surface area contributed by atoms with Gasteiger partial charge in [0.15, 0.2) is 5.11 Å². The van der Waals surface area contributed by atoms with Crippen LogP contribution in [0.15, 0.2) is 59.8 Å². The molecule has 0 aromatic heterocycles. The van der Waals surface area contributed by atoms with Crippen molar-refractivity contribution in [2.45, 2.75) is 38.8 Å². The summed E-state index contributed by atoms with van der Waals surface area (Å²) in [7, 11) is 1.35. The molecule has 1 aliphatic carbocycles. The summed E-state index contributed by atoms with van der Waals surface area (Å²) in [6.07, 6.45) is 2.12. The molecule has 0 spiro atoms. The fraction of sp³-hybridized carbons (Fsp3) is 0.292. The van der Waals surface area contributed by atoms with E-state index in [1.54, 1.807) is 12.1 Å². The highest BCUT2D eigenvalue weighted by atomic mass is 32.1. The molecule has 1 heterocycles. The molecule has 2 aromatic rings. The van der Waals surface area contributed by atoms with Crippen molar-refractivity contribution in [1.29, 1.82) is 0 Å². The zero-order valence-electron chi connectivity index (χ0n) is 17.8. The molecule has 1 unspecified atom stereocenters. The number of benzene rings is 2. The van der Waals surface area contributed by atoms with Gasteiger partial charge in [-0.1, -0.05) is 29.8 Å². The number of nitrogens with one attached hydrogen (secondary N) is 2. The van der Waals surface area contributed by atoms with Gasteiger partial charge >= 0.3 is 5.97 Å². The molecule has 2 aliphatic rings. The smallest absolute Gasteiger partial charge is 0.337 e. The minimum absolute atomic E-state index is 0.177. The van der Waals surface area contributed by atoms with Crippen LogP contribution in [0.5, 0.6) is 0 Å². The molecule has 1 atom stereocenters. The van der Waals surface area contributed by atoms with E-state index in [-0.39, 0.29) is 5.91 Å². The average Bonchev–Trinajstić information content (AvgIpc) is 3.59. The first kappa shape index (κ1) is 21.1. The molecule has 0 bridgehead atoms. The van der Waals surface area contributed by atoms with Crippen LogP contribution in [-0.2, 0) is 9.53 Å². The first-order valence-corrected chi connectivity index (χ1v) is 10.7.